The molecule has 1 amide bonds. The van der Waals surface area contributed by atoms with Gasteiger partial charge < -0.3 is 15.7 Å². The number of aliphatic hydroxyl groups excluding tert-OH is 1. The standard InChI is InChI=1S/C14H21N3O4/c1-11(10-18)9-16-14(19)3-2-8-15-12-4-6-13(7-5-12)17(20)21/h4-7,11,15,18H,2-3,8-10H2,1H3,(H,16,19). The first kappa shape index (κ1) is 16.9. The molecule has 3 N–H and O–H groups in total. The van der Waals surface area contributed by atoms with Crippen LogP contribution in [0.2, 0.25) is 0 Å². The van der Waals surface area contributed by atoms with Crippen molar-refractivity contribution >= 4 is 17.3 Å². The van der Waals surface area contributed by atoms with Crippen molar-refractivity contribution in [2.45, 2.75) is 19.8 Å². The monoisotopic (exact) mass is 295 g/mol. The second kappa shape index (κ2) is 8.91. The normalized spacial score (nSPS) is 11.7. The minimum atomic E-state index is -0.443. The lowest BCUT2D eigenvalue weighted by Gasteiger charge is -2.10. The van der Waals surface area contributed by atoms with Gasteiger partial charge in [-0.2, -0.15) is 0 Å². The lowest BCUT2D eigenvalue weighted by Crippen LogP contribution is -2.29. The van der Waals surface area contributed by atoms with E-state index in [9.17, 15) is 14.9 Å². The number of nitrogens with zero attached hydrogens (tertiary/aromatic N) is 1. The maximum Gasteiger partial charge on any atom is 0.269 e. The Morgan fingerprint density at radius 2 is 2.05 bits per heavy atom. The molecule has 0 aliphatic heterocycles. The predicted octanol–water partition coefficient (Wildman–Crippen LogP) is 1.53. The maximum absolute atomic E-state index is 11.5. The summed E-state index contributed by atoms with van der Waals surface area (Å²) in [5, 5.41) is 25.2. The molecule has 7 nitrogen and oxygen atoms in total. The number of nitro groups is 1. The molecule has 0 fully saturated rings. The Morgan fingerprint density at radius 1 is 1.38 bits per heavy atom. The number of aliphatic hydroxyl groups is 1. The molecule has 116 valence electrons. The molecule has 0 aliphatic rings. The molecule has 0 heterocycles. The smallest absolute Gasteiger partial charge is 0.269 e. The van der Waals surface area contributed by atoms with Crippen molar-refractivity contribution in [1.29, 1.82) is 0 Å². The maximum atomic E-state index is 11.5. The van der Waals surface area contributed by atoms with Gasteiger partial charge in [-0.25, -0.2) is 0 Å². The van der Waals surface area contributed by atoms with Crippen molar-refractivity contribution in [1.82, 2.24) is 5.32 Å². The number of hydrogen-bond donors (Lipinski definition) is 3. The van der Waals surface area contributed by atoms with Crippen LogP contribution in [0.3, 0.4) is 0 Å². The molecule has 0 aromatic heterocycles. The first-order chi connectivity index (χ1) is 10.0. The third-order valence-corrected chi connectivity index (χ3v) is 2.95. The molecule has 1 unspecified atom stereocenters. The fraction of sp³-hybridized carbons (Fsp3) is 0.500. The zero-order valence-electron chi connectivity index (χ0n) is 12.0. The van der Waals surface area contributed by atoms with Crippen LogP contribution in [0.15, 0.2) is 24.3 Å². The summed E-state index contributed by atoms with van der Waals surface area (Å²) in [6.07, 6.45) is 1.06. The van der Waals surface area contributed by atoms with Gasteiger partial charge >= 0.3 is 0 Å². The fourth-order valence-electron chi connectivity index (χ4n) is 1.62. The van der Waals surface area contributed by atoms with Crippen molar-refractivity contribution in [2.75, 3.05) is 25.0 Å². The molecular formula is C14H21N3O4. The van der Waals surface area contributed by atoms with Gasteiger partial charge in [0, 0.05) is 43.9 Å². The molecule has 7 heteroatoms. The second-order valence-corrected chi connectivity index (χ2v) is 4.93. The number of carbonyl (C=O) groups is 1. The fourth-order valence-corrected chi connectivity index (χ4v) is 1.62. The number of hydrogen-bond acceptors (Lipinski definition) is 5. The zero-order valence-corrected chi connectivity index (χ0v) is 12.0. The van der Waals surface area contributed by atoms with E-state index in [-0.39, 0.29) is 24.1 Å². The van der Waals surface area contributed by atoms with E-state index in [4.69, 9.17) is 5.11 Å². The third kappa shape index (κ3) is 6.71. The number of anilines is 1. The highest BCUT2D eigenvalue weighted by Gasteiger charge is 2.05. The van der Waals surface area contributed by atoms with Gasteiger partial charge in [-0.15, -0.1) is 0 Å². The summed E-state index contributed by atoms with van der Waals surface area (Å²) in [6.45, 7) is 3.00. The number of non-ortho nitro benzene ring substituents is 1. The highest BCUT2D eigenvalue weighted by atomic mass is 16.6. The highest BCUT2D eigenvalue weighted by Crippen LogP contribution is 2.15. The van der Waals surface area contributed by atoms with E-state index in [1.807, 2.05) is 6.92 Å². The van der Waals surface area contributed by atoms with E-state index in [1.165, 1.54) is 12.1 Å². The predicted molar refractivity (Wildman–Crippen MR) is 80.1 cm³/mol. The quantitative estimate of drug-likeness (QED) is 0.364. The Balaban J connectivity index is 2.19. The summed E-state index contributed by atoms with van der Waals surface area (Å²) >= 11 is 0. The van der Waals surface area contributed by atoms with Crippen molar-refractivity contribution in [3.63, 3.8) is 0 Å². The molecule has 1 atom stereocenters. The van der Waals surface area contributed by atoms with E-state index in [0.717, 1.165) is 5.69 Å². The second-order valence-electron chi connectivity index (χ2n) is 4.93. The van der Waals surface area contributed by atoms with Crippen molar-refractivity contribution < 1.29 is 14.8 Å². The van der Waals surface area contributed by atoms with Gasteiger partial charge in [-0.1, -0.05) is 6.92 Å². The zero-order chi connectivity index (χ0) is 15.7. The minimum Gasteiger partial charge on any atom is -0.396 e. The van der Waals surface area contributed by atoms with Crippen LogP contribution in [0.5, 0.6) is 0 Å². The Labute approximate surface area is 123 Å². The SMILES string of the molecule is CC(CO)CNC(=O)CCCNc1ccc([N+](=O)[O-])cc1. The van der Waals surface area contributed by atoms with Crippen LogP contribution in [0.4, 0.5) is 11.4 Å². The molecule has 1 aromatic carbocycles. The summed E-state index contributed by atoms with van der Waals surface area (Å²) in [7, 11) is 0. The highest BCUT2D eigenvalue weighted by molar-refractivity contribution is 5.75. The number of amides is 1. The molecule has 0 saturated heterocycles. The molecule has 0 saturated carbocycles. The van der Waals surface area contributed by atoms with Gasteiger partial charge in [0.05, 0.1) is 4.92 Å². The molecule has 1 aromatic rings. The molecule has 0 aliphatic carbocycles. The lowest BCUT2D eigenvalue weighted by atomic mass is 10.2. The van der Waals surface area contributed by atoms with Crippen molar-refractivity contribution in [3.8, 4) is 0 Å². The van der Waals surface area contributed by atoms with Gasteiger partial charge in [-0.05, 0) is 24.5 Å². The van der Waals surface area contributed by atoms with Gasteiger partial charge in [0.15, 0.2) is 0 Å². The van der Waals surface area contributed by atoms with Crippen LogP contribution in [0.25, 0.3) is 0 Å². The van der Waals surface area contributed by atoms with Crippen molar-refractivity contribution in [2.24, 2.45) is 5.92 Å². The van der Waals surface area contributed by atoms with E-state index >= 15 is 0 Å². The van der Waals surface area contributed by atoms with Crippen molar-refractivity contribution in [3.05, 3.63) is 34.4 Å². The van der Waals surface area contributed by atoms with Crippen LogP contribution >= 0.6 is 0 Å². The molecular weight excluding hydrogens is 274 g/mol. The average Bonchev–Trinajstić information content (AvgIpc) is 2.49. The van der Waals surface area contributed by atoms with Crippen LogP contribution in [0.1, 0.15) is 19.8 Å². The summed E-state index contributed by atoms with van der Waals surface area (Å²) in [5.74, 6) is 0.0213. The van der Waals surface area contributed by atoms with Crippen LogP contribution in [-0.2, 0) is 4.79 Å². The number of benzene rings is 1. The summed E-state index contributed by atoms with van der Waals surface area (Å²) < 4.78 is 0. The largest absolute Gasteiger partial charge is 0.396 e. The minimum absolute atomic E-state index is 0.0409. The Bertz CT molecular complexity index is 462. The molecule has 1 rings (SSSR count). The summed E-state index contributed by atoms with van der Waals surface area (Å²) in [4.78, 5) is 21.6. The molecule has 0 radical (unpaired) electrons. The van der Waals surface area contributed by atoms with Gasteiger partial charge in [0.2, 0.25) is 5.91 Å². The first-order valence-corrected chi connectivity index (χ1v) is 6.88. The van der Waals surface area contributed by atoms with E-state index < -0.39 is 4.92 Å². The third-order valence-electron chi connectivity index (χ3n) is 2.95. The van der Waals surface area contributed by atoms with Gasteiger partial charge in [0.1, 0.15) is 0 Å². The summed E-state index contributed by atoms with van der Waals surface area (Å²) in [6, 6.07) is 6.15. The molecule has 21 heavy (non-hydrogen) atoms. The topological polar surface area (TPSA) is 104 Å². The average molecular weight is 295 g/mol. The molecule has 0 bridgehead atoms. The number of nitrogens with one attached hydrogen (secondary N) is 2. The lowest BCUT2D eigenvalue weighted by molar-refractivity contribution is -0.384. The van der Waals surface area contributed by atoms with Crippen LogP contribution < -0.4 is 10.6 Å². The van der Waals surface area contributed by atoms with Gasteiger partial charge in [-0.3, -0.25) is 14.9 Å². The molecule has 0 spiro atoms. The Kier molecular flexibility index (Phi) is 7.17. The van der Waals surface area contributed by atoms with E-state index in [0.29, 0.717) is 25.9 Å². The Hall–Kier alpha value is -2.15. The Morgan fingerprint density at radius 3 is 2.62 bits per heavy atom. The number of nitro benzene ring substituents is 1. The number of carbonyl (C=O) groups excluding carboxylic acids is 1. The van der Waals surface area contributed by atoms with Gasteiger partial charge in [0.25, 0.3) is 5.69 Å². The van der Waals surface area contributed by atoms with Crippen LogP contribution in [-0.4, -0.2) is 35.6 Å². The van der Waals surface area contributed by atoms with E-state index in [2.05, 4.69) is 10.6 Å². The number of rotatable bonds is 9. The van der Waals surface area contributed by atoms with Crippen LogP contribution in [0, 0.1) is 16.0 Å². The first-order valence-electron chi connectivity index (χ1n) is 6.88. The summed E-state index contributed by atoms with van der Waals surface area (Å²) in [5.41, 5.74) is 0.841. The van der Waals surface area contributed by atoms with E-state index in [1.54, 1.807) is 12.1 Å².